The van der Waals surface area contributed by atoms with Gasteiger partial charge in [-0.15, -0.1) is 13.2 Å². The van der Waals surface area contributed by atoms with Crippen LogP contribution in [0.1, 0.15) is 18.0 Å². The van der Waals surface area contributed by atoms with E-state index in [1.807, 2.05) is 0 Å². The van der Waals surface area contributed by atoms with Crippen LogP contribution in [0.5, 0.6) is 5.75 Å². The zero-order chi connectivity index (χ0) is 11.8. The molecule has 1 fully saturated rings. The third-order valence-electron chi connectivity index (χ3n) is 2.40. The second kappa shape index (κ2) is 3.93. The number of alkyl halides is 3. The molecule has 1 atom stereocenters. The highest BCUT2D eigenvalue weighted by atomic mass is 19.4. The Morgan fingerprint density at radius 1 is 1.31 bits per heavy atom. The maximum absolute atomic E-state index is 13.3. The molecule has 0 spiro atoms. The summed E-state index contributed by atoms with van der Waals surface area (Å²) in [5, 5.41) is 2.92. The SMILES string of the molecule is Fc1ccc(OC(F)(F)F)cc1[C@@H]1CCN1. The van der Waals surface area contributed by atoms with Gasteiger partial charge in [0.05, 0.1) is 0 Å². The van der Waals surface area contributed by atoms with E-state index in [1.165, 1.54) is 0 Å². The van der Waals surface area contributed by atoms with Gasteiger partial charge in [0.15, 0.2) is 0 Å². The molecule has 1 heterocycles. The molecule has 1 aliphatic rings. The van der Waals surface area contributed by atoms with Crippen LogP contribution in [0.2, 0.25) is 0 Å². The molecule has 2 rings (SSSR count). The van der Waals surface area contributed by atoms with Crippen molar-refractivity contribution >= 4 is 0 Å². The second-order valence-corrected chi connectivity index (χ2v) is 3.53. The monoisotopic (exact) mass is 235 g/mol. The first-order valence-corrected chi connectivity index (χ1v) is 4.74. The smallest absolute Gasteiger partial charge is 0.406 e. The lowest BCUT2D eigenvalue weighted by Crippen LogP contribution is -2.35. The summed E-state index contributed by atoms with van der Waals surface area (Å²) in [6.07, 6.45) is -4.03. The van der Waals surface area contributed by atoms with Gasteiger partial charge in [-0.2, -0.15) is 0 Å². The van der Waals surface area contributed by atoms with Gasteiger partial charge in [0.1, 0.15) is 11.6 Å². The average Bonchev–Trinajstić information content (AvgIpc) is 2.05. The van der Waals surface area contributed by atoms with Crippen LogP contribution in [0.25, 0.3) is 0 Å². The van der Waals surface area contributed by atoms with Gasteiger partial charge in [-0.05, 0) is 31.2 Å². The summed E-state index contributed by atoms with van der Waals surface area (Å²) in [5.74, 6) is -0.913. The van der Waals surface area contributed by atoms with E-state index in [4.69, 9.17) is 0 Å². The molecule has 6 heteroatoms. The molecule has 0 saturated carbocycles. The fourth-order valence-electron chi connectivity index (χ4n) is 1.54. The van der Waals surface area contributed by atoms with Gasteiger partial charge in [-0.3, -0.25) is 0 Å². The third kappa shape index (κ3) is 2.44. The first-order valence-electron chi connectivity index (χ1n) is 4.74. The molecule has 0 aromatic heterocycles. The molecule has 0 bridgehead atoms. The highest BCUT2D eigenvalue weighted by molar-refractivity contribution is 5.33. The molecule has 0 unspecified atom stereocenters. The number of hydrogen-bond donors (Lipinski definition) is 1. The summed E-state index contributed by atoms with van der Waals surface area (Å²) in [7, 11) is 0. The lowest BCUT2D eigenvalue weighted by molar-refractivity contribution is -0.274. The van der Waals surface area contributed by atoms with Gasteiger partial charge in [-0.25, -0.2) is 4.39 Å². The summed E-state index contributed by atoms with van der Waals surface area (Å²) in [6.45, 7) is 0.745. The molecular formula is C10H9F4NO. The van der Waals surface area contributed by atoms with Gasteiger partial charge in [-0.1, -0.05) is 0 Å². The number of halogens is 4. The molecule has 88 valence electrons. The van der Waals surface area contributed by atoms with Crippen LogP contribution in [-0.4, -0.2) is 12.9 Å². The van der Waals surface area contributed by atoms with E-state index in [0.717, 1.165) is 24.7 Å². The van der Waals surface area contributed by atoms with Crippen molar-refractivity contribution in [2.75, 3.05) is 6.54 Å². The first kappa shape index (κ1) is 11.2. The first-order chi connectivity index (χ1) is 7.46. The Bertz CT molecular complexity index is 387. The van der Waals surface area contributed by atoms with E-state index in [1.54, 1.807) is 0 Å². The third-order valence-corrected chi connectivity index (χ3v) is 2.40. The van der Waals surface area contributed by atoms with Crippen LogP contribution in [0.15, 0.2) is 18.2 Å². The lowest BCUT2D eigenvalue weighted by atomic mass is 9.97. The predicted octanol–water partition coefficient (Wildman–Crippen LogP) is 2.76. The number of ether oxygens (including phenoxy) is 1. The lowest BCUT2D eigenvalue weighted by Gasteiger charge is -2.28. The zero-order valence-electron chi connectivity index (χ0n) is 8.14. The van der Waals surface area contributed by atoms with Gasteiger partial charge < -0.3 is 10.1 Å². The molecule has 1 N–H and O–H groups in total. The molecule has 16 heavy (non-hydrogen) atoms. The Labute approximate surface area is 89.2 Å². The number of benzene rings is 1. The van der Waals surface area contributed by atoms with Crippen molar-refractivity contribution in [3.63, 3.8) is 0 Å². The molecule has 0 aliphatic carbocycles. The standard InChI is InChI=1S/C10H9F4NO/c11-8-2-1-6(16-10(12,13)14)5-7(8)9-3-4-15-9/h1-2,5,9,15H,3-4H2/t9-/m0/s1. The summed E-state index contributed by atoms with van der Waals surface area (Å²) in [5.41, 5.74) is 0.216. The van der Waals surface area contributed by atoms with Crippen molar-refractivity contribution in [1.29, 1.82) is 0 Å². The van der Waals surface area contributed by atoms with E-state index >= 15 is 0 Å². The van der Waals surface area contributed by atoms with Crippen molar-refractivity contribution < 1.29 is 22.3 Å². The van der Waals surface area contributed by atoms with E-state index in [9.17, 15) is 17.6 Å². The molecule has 1 aromatic carbocycles. The molecule has 1 aromatic rings. The minimum absolute atomic E-state index is 0.211. The predicted molar refractivity (Wildman–Crippen MR) is 48.4 cm³/mol. The van der Waals surface area contributed by atoms with E-state index in [-0.39, 0.29) is 11.6 Å². The fourth-order valence-corrected chi connectivity index (χ4v) is 1.54. The normalized spacial score (nSPS) is 20.4. The maximum Gasteiger partial charge on any atom is 0.573 e. The number of rotatable bonds is 2. The Morgan fingerprint density at radius 2 is 2.00 bits per heavy atom. The van der Waals surface area contributed by atoms with Gasteiger partial charge >= 0.3 is 6.36 Å². The van der Waals surface area contributed by atoms with Gasteiger partial charge in [0, 0.05) is 11.6 Å². The zero-order valence-corrected chi connectivity index (χ0v) is 8.14. The number of nitrogens with one attached hydrogen (secondary N) is 1. The van der Waals surface area contributed by atoms with Crippen LogP contribution >= 0.6 is 0 Å². The van der Waals surface area contributed by atoms with Crippen LogP contribution in [0.4, 0.5) is 17.6 Å². The minimum Gasteiger partial charge on any atom is -0.406 e. The minimum atomic E-state index is -4.75. The summed E-state index contributed by atoms with van der Waals surface area (Å²) in [4.78, 5) is 0. The Kier molecular flexibility index (Phi) is 2.75. The van der Waals surface area contributed by atoms with Crippen molar-refractivity contribution in [3.8, 4) is 5.75 Å². The molecule has 1 aliphatic heterocycles. The largest absolute Gasteiger partial charge is 0.573 e. The van der Waals surface area contributed by atoms with Crippen molar-refractivity contribution in [1.82, 2.24) is 5.32 Å². The molecule has 0 amide bonds. The summed E-state index contributed by atoms with van der Waals surface area (Å²) >= 11 is 0. The van der Waals surface area contributed by atoms with Crippen LogP contribution in [-0.2, 0) is 0 Å². The van der Waals surface area contributed by atoms with E-state index in [2.05, 4.69) is 10.1 Å². The summed E-state index contributed by atoms with van der Waals surface area (Å²) in [6, 6.07) is 2.82. The summed E-state index contributed by atoms with van der Waals surface area (Å²) < 4.78 is 52.8. The maximum atomic E-state index is 13.3. The van der Waals surface area contributed by atoms with Gasteiger partial charge in [0.25, 0.3) is 0 Å². The van der Waals surface area contributed by atoms with Gasteiger partial charge in [0.2, 0.25) is 0 Å². The van der Waals surface area contributed by atoms with Crippen LogP contribution in [0, 0.1) is 5.82 Å². The van der Waals surface area contributed by atoms with Crippen LogP contribution in [0.3, 0.4) is 0 Å². The molecule has 2 nitrogen and oxygen atoms in total. The topological polar surface area (TPSA) is 21.3 Å². The highest BCUT2D eigenvalue weighted by Gasteiger charge is 2.32. The Morgan fingerprint density at radius 3 is 2.50 bits per heavy atom. The fraction of sp³-hybridized carbons (Fsp3) is 0.400. The van der Waals surface area contributed by atoms with Crippen molar-refractivity contribution in [2.45, 2.75) is 18.8 Å². The molecule has 1 saturated heterocycles. The molecule has 0 radical (unpaired) electrons. The number of hydrogen-bond acceptors (Lipinski definition) is 2. The molecular weight excluding hydrogens is 226 g/mol. The van der Waals surface area contributed by atoms with Crippen molar-refractivity contribution in [2.24, 2.45) is 0 Å². The van der Waals surface area contributed by atoms with E-state index < -0.39 is 17.9 Å². The quantitative estimate of drug-likeness (QED) is 0.796. The second-order valence-electron chi connectivity index (χ2n) is 3.53. The van der Waals surface area contributed by atoms with Crippen LogP contribution < -0.4 is 10.1 Å². The highest BCUT2D eigenvalue weighted by Crippen LogP contribution is 2.30. The Hall–Kier alpha value is -1.30. The van der Waals surface area contributed by atoms with Crippen molar-refractivity contribution in [3.05, 3.63) is 29.6 Å². The van der Waals surface area contributed by atoms with E-state index in [0.29, 0.717) is 6.42 Å². The Balaban J connectivity index is 2.21. The average molecular weight is 235 g/mol.